The van der Waals surface area contributed by atoms with E-state index in [1.807, 2.05) is 6.92 Å². The predicted octanol–water partition coefficient (Wildman–Crippen LogP) is 3.06. The van der Waals surface area contributed by atoms with E-state index in [0.717, 1.165) is 10.5 Å². The maximum atomic E-state index is 12.2. The third-order valence-electron chi connectivity index (χ3n) is 3.13. The topological polar surface area (TPSA) is 75.3 Å². The van der Waals surface area contributed by atoms with Gasteiger partial charge in [-0.2, -0.15) is 0 Å². The van der Waals surface area contributed by atoms with E-state index in [-0.39, 0.29) is 10.6 Å². The lowest BCUT2D eigenvalue weighted by Crippen LogP contribution is -2.42. The molecule has 0 heterocycles. The van der Waals surface area contributed by atoms with Gasteiger partial charge in [0.15, 0.2) is 0 Å². The van der Waals surface area contributed by atoms with Gasteiger partial charge in [0.05, 0.1) is 10.6 Å². The summed E-state index contributed by atoms with van der Waals surface area (Å²) < 4.78 is 24.5. The highest BCUT2D eigenvalue weighted by Crippen LogP contribution is 2.20. The molecule has 0 aliphatic heterocycles. The number of aryl methyl sites for hydroxylation is 2. The molecule has 2 N–H and O–H groups in total. The number of carbonyl (C=O) groups is 1. The number of carbonyl (C=O) groups excluding carboxylic acids is 1. The normalized spacial score (nSPS) is 11.3. The van der Waals surface area contributed by atoms with Crippen LogP contribution < -0.4 is 10.3 Å². The van der Waals surface area contributed by atoms with Crippen molar-refractivity contribution in [2.24, 2.45) is 0 Å². The third kappa shape index (κ3) is 5.24. The summed E-state index contributed by atoms with van der Waals surface area (Å²) in [6.45, 7) is 3.59. The maximum absolute atomic E-state index is 12.2. The first-order valence-corrected chi connectivity index (χ1v) is 9.89. The van der Waals surface area contributed by atoms with Gasteiger partial charge in [0.2, 0.25) is 5.91 Å². The molecule has 0 unspecified atom stereocenters. The van der Waals surface area contributed by atoms with E-state index in [4.69, 9.17) is 11.6 Å². The van der Waals surface area contributed by atoms with Crippen molar-refractivity contribution in [3.8, 4) is 0 Å². The van der Waals surface area contributed by atoms with Gasteiger partial charge in [-0.05, 0) is 49.7 Å². The van der Waals surface area contributed by atoms with Crippen LogP contribution >= 0.6 is 23.4 Å². The number of hydrogen-bond acceptors (Lipinski definition) is 4. The number of rotatable bonds is 6. The maximum Gasteiger partial charge on any atom is 0.257 e. The minimum Gasteiger partial charge on any atom is -0.277 e. The lowest BCUT2D eigenvalue weighted by Gasteiger charge is -2.11. The molecule has 0 aromatic heterocycles. The van der Waals surface area contributed by atoms with Crippen molar-refractivity contribution in [2.45, 2.75) is 23.6 Å². The second-order valence-corrected chi connectivity index (χ2v) is 8.30. The molecule has 0 saturated heterocycles. The Bertz CT molecular complexity index is 837. The molecule has 128 valence electrons. The van der Waals surface area contributed by atoms with Gasteiger partial charge in [0.1, 0.15) is 0 Å². The quantitative estimate of drug-likeness (QED) is 0.593. The molecule has 0 bridgehead atoms. The van der Waals surface area contributed by atoms with E-state index in [1.54, 1.807) is 43.3 Å². The van der Waals surface area contributed by atoms with Crippen molar-refractivity contribution < 1.29 is 13.2 Å². The minimum atomic E-state index is -3.80. The van der Waals surface area contributed by atoms with Crippen LogP contribution in [-0.4, -0.2) is 20.1 Å². The Morgan fingerprint density at radius 1 is 1.12 bits per heavy atom. The molecule has 1 amide bonds. The minimum absolute atomic E-state index is 0.0804. The SMILES string of the molecule is Cc1ccc(S(=O)(=O)NNC(=O)CSc2ccc(Cl)cc2)c(C)c1. The van der Waals surface area contributed by atoms with Gasteiger partial charge in [0.25, 0.3) is 10.0 Å². The zero-order valence-electron chi connectivity index (χ0n) is 13.2. The van der Waals surface area contributed by atoms with E-state index < -0.39 is 15.9 Å². The summed E-state index contributed by atoms with van der Waals surface area (Å²) >= 11 is 7.07. The molecule has 0 aliphatic carbocycles. The summed E-state index contributed by atoms with van der Waals surface area (Å²) in [5, 5.41) is 0.616. The first kappa shape index (κ1) is 18.8. The standard InChI is InChI=1S/C16H17ClN2O3S2/c1-11-3-8-15(12(2)9-11)24(21,22)19-18-16(20)10-23-14-6-4-13(17)5-7-14/h3-9,19H,10H2,1-2H3,(H,18,20). The molecular formula is C16H17ClN2O3S2. The molecule has 0 fully saturated rings. The number of amides is 1. The molecule has 5 nitrogen and oxygen atoms in total. The number of halogens is 1. The van der Waals surface area contributed by atoms with Crippen molar-refractivity contribution in [1.82, 2.24) is 10.3 Å². The number of benzene rings is 2. The highest BCUT2D eigenvalue weighted by Gasteiger charge is 2.17. The average Bonchev–Trinajstić information content (AvgIpc) is 2.52. The molecule has 0 aliphatic rings. The zero-order chi connectivity index (χ0) is 17.7. The number of sulfonamides is 1. The first-order chi connectivity index (χ1) is 11.3. The van der Waals surface area contributed by atoms with Gasteiger partial charge in [-0.25, -0.2) is 8.42 Å². The Morgan fingerprint density at radius 2 is 1.79 bits per heavy atom. The molecule has 2 aromatic rings. The van der Waals surface area contributed by atoms with Crippen LogP contribution in [0.3, 0.4) is 0 Å². The number of hydrazine groups is 1. The Kier molecular flexibility index (Phi) is 6.28. The van der Waals surface area contributed by atoms with Crippen LogP contribution in [0, 0.1) is 13.8 Å². The fourth-order valence-corrected chi connectivity index (χ4v) is 3.91. The first-order valence-electron chi connectivity index (χ1n) is 7.04. The van der Waals surface area contributed by atoms with Crippen molar-refractivity contribution in [3.05, 3.63) is 58.6 Å². The second-order valence-electron chi connectivity index (χ2n) is 5.17. The highest BCUT2D eigenvalue weighted by molar-refractivity contribution is 8.00. The Labute approximate surface area is 150 Å². The fourth-order valence-electron chi connectivity index (χ4n) is 2.00. The Balaban J connectivity index is 1.91. The van der Waals surface area contributed by atoms with E-state index in [9.17, 15) is 13.2 Å². The van der Waals surface area contributed by atoms with Crippen LogP contribution in [-0.2, 0) is 14.8 Å². The van der Waals surface area contributed by atoms with E-state index in [0.29, 0.717) is 10.6 Å². The van der Waals surface area contributed by atoms with Gasteiger partial charge in [-0.3, -0.25) is 10.2 Å². The van der Waals surface area contributed by atoms with Gasteiger partial charge >= 0.3 is 0 Å². The summed E-state index contributed by atoms with van der Waals surface area (Å²) in [5.74, 6) is -0.361. The van der Waals surface area contributed by atoms with Gasteiger partial charge in [-0.15, -0.1) is 16.6 Å². The lowest BCUT2D eigenvalue weighted by molar-refractivity contribution is -0.119. The fraction of sp³-hybridized carbons (Fsp3) is 0.188. The molecule has 24 heavy (non-hydrogen) atoms. The van der Waals surface area contributed by atoms with Crippen LogP contribution in [0.15, 0.2) is 52.3 Å². The summed E-state index contributed by atoms with van der Waals surface area (Å²) in [6.07, 6.45) is 0. The van der Waals surface area contributed by atoms with Crippen molar-refractivity contribution in [2.75, 3.05) is 5.75 Å². The van der Waals surface area contributed by atoms with Gasteiger partial charge in [0, 0.05) is 9.92 Å². The van der Waals surface area contributed by atoms with Crippen molar-refractivity contribution in [3.63, 3.8) is 0 Å². The van der Waals surface area contributed by atoms with E-state index in [1.165, 1.54) is 17.8 Å². The van der Waals surface area contributed by atoms with Crippen LogP contribution in [0.4, 0.5) is 0 Å². The van der Waals surface area contributed by atoms with Crippen LogP contribution in [0.25, 0.3) is 0 Å². The second kappa shape index (κ2) is 8.02. The van der Waals surface area contributed by atoms with Gasteiger partial charge < -0.3 is 0 Å². The molecule has 0 atom stereocenters. The summed E-state index contributed by atoms with van der Waals surface area (Å²) in [4.78, 5) is 14.9. The van der Waals surface area contributed by atoms with Crippen LogP contribution in [0.2, 0.25) is 5.02 Å². The zero-order valence-corrected chi connectivity index (χ0v) is 15.6. The van der Waals surface area contributed by atoms with Crippen LogP contribution in [0.5, 0.6) is 0 Å². The van der Waals surface area contributed by atoms with Crippen LogP contribution in [0.1, 0.15) is 11.1 Å². The number of hydrogen-bond donors (Lipinski definition) is 2. The molecule has 0 radical (unpaired) electrons. The monoisotopic (exact) mass is 384 g/mol. The summed E-state index contributed by atoms with van der Waals surface area (Å²) in [5.41, 5.74) is 3.81. The number of nitrogens with one attached hydrogen (secondary N) is 2. The Morgan fingerprint density at radius 3 is 2.42 bits per heavy atom. The summed E-state index contributed by atoms with van der Waals surface area (Å²) in [7, 11) is -3.80. The molecule has 0 saturated carbocycles. The third-order valence-corrected chi connectivity index (χ3v) is 5.80. The predicted molar refractivity (Wildman–Crippen MR) is 96.6 cm³/mol. The smallest absolute Gasteiger partial charge is 0.257 e. The van der Waals surface area contributed by atoms with E-state index >= 15 is 0 Å². The molecule has 0 spiro atoms. The number of thioether (sulfide) groups is 1. The largest absolute Gasteiger partial charge is 0.277 e. The summed E-state index contributed by atoms with van der Waals surface area (Å²) in [6, 6.07) is 12.0. The molecule has 2 aromatic carbocycles. The Hall–Kier alpha value is -1.54. The van der Waals surface area contributed by atoms with Crippen molar-refractivity contribution >= 4 is 39.3 Å². The average molecular weight is 385 g/mol. The van der Waals surface area contributed by atoms with Crippen molar-refractivity contribution in [1.29, 1.82) is 0 Å². The van der Waals surface area contributed by atoms with E-state index in [2.05, 4.69) is 10.3 Å². The highest BCUT2D eigenvalue weighted by atomic mass is 35.5. The lowest BCUT2D eigenvalue weighted by atomic mass is 10.2. The van der Waals surface area contributed by atoms with Gasteiger partial charge in [-0.1, -0.05) is 29.3 Å². The molecule has 8 heteroatoms. The molecular weight excluding hydrogens is 368 g/mol. The molecule has 2 rings (SSSR count).